The molecule has 0 aromatic heterocycles. The van der Waals surface area contributed by atoms with E-state index in [1.165, 1.54) is 37.9 Å². The Hall–Kier alpha value is -1.06. The predicted molar refractivity (Wildman–Crippen MR) is 79.6 cm³/mol. The zero-order valence-electron chi connectivity index (χ0n) is 12.2. The Morgan fingerprint density at radius 3 is 3.05 bits per heavy atom. The van der Waals surface area contributed by atoms with Gasteiger partial charge in [-0.05, 0) is 56.6 Å². The minimum atomic E-state index is 0.688. The first-order valence-corrected chi connectivity index (χ1v) is 7.40. The van der Waals surface area contributed by atoms with Gasteiger partial charge in [0.15, 0.2) is 0 Å². The van der Waals surface area contributed by atoms with E-state index >= 15 is 0 Å². The average molecular weight is 262 g/mol. The van der Waals surface area contributed by atoms with Crippen LogP contribution in [0.25, 0.3) is 0 Å². The van der Waals surface area contributed by atoms with Crippen molar-refractivity contribution in [1.82, 2.24) is 10.2 Å². The van der Waals surface area contributed by atoms with Crippen LogP contribution in [0.2, 0.25) is 0 Å². The summed E-state index contributed by atoms with van der Waals surface area (Å²) in [7, 11) is 1.73. The Morgan fingerprint density at radius 1 is 1.37 bits per heavy atom. The molecule has 2 rings (SSSR count). The Balaban J connectivity index is 1.92. The van der Waals surface area contributed by atoms with Gasteiger partial charge in [-0.2, -0.15) is 0 Å². The maximum absolute atomic E-state index is 5.29. The Bertz CT molecular complexity index is 381. The summed E-state index contributed by atoms with van der Waals surface area (Å²) in [6.45, 7) is 6.82. The molecule has 0 amide bonds. The lowest BCUT2D eigenvalue weighted by Gasteiger charge is -2.28. The van der Waals surface area contributed by atoms with Gasteiger partial charge in [0.1, 0.15) is 5.75 Å². The largest absolute Gasteiger partial charge is 0.497 e. The molecular formula is C16H26N2O. The van der Waals surface area contributed by atoms with E-state index in [0.29, 0.717) is 6.04 Å². The lowest BCUT2D eigenvalue weighted by atomic mass is 10.1. The summed E-state index contributed by atoms with van der Waals surface area (Å²) in [6, 6.07) is 9.11. The van der Waals surface area contributed by atoms with Crippen LogP contribution in [-0.4, -0.2) is 37.7 Å². The molecule has 1 fully saturated rings. The number of hydrogen-bond donors (Lipinski definition) is 1. The molecule has 1 aromatic rings. The second kappa shape index (κ2) is 7.51. The van der Waals surface area contributed by atoms with Crippen LogP contribution in [0.4, 0.5) is 0 Å². The monoisotopic (exact) mass is 262 g/mol. The van der Waals surface area contributed by atoms with Crippen LogP contribution >= 0.6 is 0 Å². The van der Waals surface area contributed by atoms with E-state index in [0.717, 1.165) is 18.8 Å². The van der Waals surface area contributed by atoms with Crippen molar-refractivity contribution in [2.45, 2.75) is 38.8 Å². The van der Waals surface area contributed by atoms with E-state index < -0.39 is 0 Å². The van der Waals surface area contributed by atoms with E-state index in [4.69, 9.17) is 4.74 Å². The van der Waals surface area contributed by atoms with Crippen LogP contribution in [-0.2, 0) is 6.54 Å². The molecule has 1 aliphatic heterocycles. The molecule has 1 aromatic carbocycles. The molecule has 106 valence electrons. The third-order valence-corrected chi connectivity index (χ3v) is 3.91. The Labute approximate surface area is 116 Å². The molecular weight excluding hydrogens is 236 g/mol. The fraction of sp³-hybridized carbons (Fsp3) is 0.625. The third-order valence-electron chi connectivity index (χ3n) is 3.91. The highest BCUT2D eigenvalue weighted by Gasteiger charge is 2.13. The fourth-order valence-corrected chi connectivity index (χ4v) is 2.70. The number of nitrogens with one attached hydrogen (secondary N) is 1. The first kappa shape index (κ1) is 14.4. The van der Waals surface area contributed by atoms with E-state index in [1.807, 2.05) is 6.07 Å². The van der Waals surface area contributed by atoms with Crippen LogP contribution in [0.3, 0.4) is 0 Å². The van der Waals surface area contributed by atoms with Crippen molar-refractivity contribution in [1.29, 1.82) is 0 Å². The molecule has 0 bridgehead atoms. The lowest BCUT2D eigenvalue weighted by Crippen LogP contribution is -2.39. The highest BCUT2D eigenvalue weighted by molar-refractivity contribution is 5.28. The van der Waals surface area contributed by atoms with Crippen molar-refractivity contribution >= 4 is 0 Å². The van der Waals surface area contributed by atoms with Gasteiger partial charge >= 0.3 is 0 Å². The lowest BCUT2D eigenvalue weighted by molar-refractivity contribution is 0.224. The average Bonchev–Trinajstić information content (AvgIpc) is 2.43. The Morgan fingerprint density at radius 2 is 2.26 bits per heavy atom. The van der Waals surface area contributed by atoms with Crippen LogP contribution in [0.5, 0.6) is 5.75 Å². The van der Waals surface area contributed by atoms with Crippen molar-refractivity contribution in [3.8, 4) is 5.75 Å². The summed E-state index contributed by atoms with van der Waals surface area (Å²) in [4.78, 5) is 2.57. The van der Waals surface area contributed by atoms with Gasteiger partial charge in [-0.3, -0.25) is 4.90 Å². The van der Waals surface area contributed by atoms with Gasteiger partial charge in [-0.1, -0.05) is 19.1 Å². The van der Waals surface area contributed by atoms with Crippen molar-refractivity contribution in [3.63, 3.8) is 0 Å². The first-order valence-electron chi connectivity index (χ1n) is 7.40. The second-order valence-electron chi connectivity index (χ2n) is 5.33. The fourth-order valence-electron chi connectivity index (χ4n) is 2.70. The first-order chi connectivity index (χ1) is 9.31. The van der Waals surface area contributed by atoms with Gasteiger partial charge in [0, 0.05) is 12.6 Å². The van der Waals surface area contributed by atoms with E-state index in [2.05, 4.69) is 35.3 Å². The van der Waals surface area contributed by atoms with Gasteiger partial charge in [0.2, 0.25) is 0 Å². The van der Waals surface area contributed by atoms with Crippen molar-refractivity contribution in [2.24, 2.45) is 0 Å². The minimum Gasteiger partial charge on any atom is -0.497 e. The predicted octanol–water partition coefficient (Wildman–Crippen LogP) is 2.66. The van der Waals surface area contributed by atoms with Crippen LogP contribution in [0, 0.1) is 0 Å². The van der Waals surface area contributed by atoms with Gasteiger partial charge in [0.05, 0.1) is 7.11 Å². The second-order valence-corrected chi connectivity index (χ2v) is 5.33. The summed E-state index contributed by atoms with van der Waals surface area (Å²) in [5, 5.41) is 3.63. The third kappa shape index (κ3) is 4.51. The number of rotatable bonds is 4. The molecule has 0 saturated carbocycles. The maximum Gasteiger partial charge on any atom is 0.119 e. The topological polar surface area (TPSA) is 24.5 Å². The molecule has 0 radical (unpaired) electrons. The molecule has 1 unspecified atom stereocenters. The van der Waals surface area contributed by atoms with E-state index in [-0.39, 0.29) is 0 Å². The zero-order valence-corrected chi connectivity index (χ0v) is 12.2. The summed E-state index contributed by atoms with van der Waals surface area (Å²) in [6.07, 6.45) is 3.72. The number of methoxy groups -OCH3 is 1. The molecule has 1 heterocycles. The summed E-state index contributed by atoms with van der Waals surface area (Å²) in [5.41, 5.74) is 1.35. The van der Waals surface area contributed by atoms with Crippen LogP contribution in [0.1, 0.15) is 31.7 Å². The smallest absolute Gasteiger partial charge is 0.119 e. The van der Waals surface area contributed by atoms with Gasteiger partial charge in [0.25, 0.3) is 0 Å². The summed E-state index contributed by atoms with van der Waals surface area (Å²) in [5.74, 6) is 0.956. The number of nitrogens with zero attached hydrogens (tertiary/aromatic N) is 1. The van der Waals surface area contributed by atoms with E-state index in [1.54, 1.807) is 7.11 Å². The molecule has 1 atom stereocenters. The quantitative estimate of drug-likeness (QED) is 0.903. The number of hydrogen-bond acceptors (Lipinski definition) is 3. The van der Waals surface area contributed by atoms with Crippen LogP contribution in [0.15, 0.2) is 24.3 Å². The standard InChI is InChI=1S/C16H26N2O/c1-3-15-8-11-18(10-5-9-17-15)13-14-6-4-7-16(12-14)19-2/h4,6-7,12,15,17H,3,5,8-11,13H2,1-2H3. The highest BCUT2D eigenvalue weighted by Crippen LogP contribution is 2.15. The van der Waals surface area contributed by atoms with E-state index in [9.17, 15) is 0 Å². The Kier molecular flexibility index (Phi) is 5.67. The molecule has 0 aliphatic carbocycles. The summed E-state index contributed by atoms with van der Waals surface area (Å²) >= 11 is 0. The molecule has 3 heteroatoms. The molecule has 0 spiro atoms. The van der Waals surface area contributed by atoms with Crippen LogP contribution < -0.4 is 10.1 Å². The normalized spacial score (nSPS) is 21.7. The molecule has 1 aliphatic rings. The van der Waals surface area contributed by atoms with Gasteiger partial charge < -0.3 is 10.1 Å². The SMILES string of the molecule is CCC1CCN(Cc2cccc(OC)c2)CCCN1. The molecule has 1 N–H and O–H groups in total. The highest BCUT2D eigenvalue weighted by atomic mass is 16.5. The van der Waals surface area contributed by atoms with Gasteiger partial charge in [-0.15, -0.1) is 0 Å². The zero-order chi connectivity index (χ0) is 13.5. The number of ether oxygens (including phenoxy) is 1. The maximum atomic E-state index is 5.29. The molecule has 3 nitrogen and oxygen atoms in total. The minimum absolute atomic E-state index is 0.688. The van der Waals surface area contributed by atoms with Gasteiger partial charge in [-0.25, -0.2) is 0 Å². The number of benzene rings is 1. The molecule has 19 heavy (non-hydrogen) atoms. The van der Waals surface area contributed by atoms with Crippen molar-refractivity contribution in [2.75, 3.05) is 26.7 Å². The van der Waals surface area contributed by atoms with Crippen molar-refractivity contribution in [3.05, 3.63) is 29.8 Å². The van der Waals surface area contributed by atoms with Crippen molar-refractivity contribution < 1.29 is 4.74 Å². The molecule has 1 saturated heterocycles. The summed E-state index contributed by atoms with van der Waals surface area (Å²) < 4.78 is 5.29.